The van der Waals surface area contributed by atoms with Gasteiger partial charge in [-0.3, -0.25) is 18.6 Å². The van der Waals surface area contributed by atoms with E-state index in [-0.39, 0.29) is 32.1 Å². The summed E-state index contributed by atoms with van der Waals surface area (Å²) in [6.45, 7) is 3.55. The van der Waals surface area contributed by atoms with Crippen LogP contribution in [0.2, 0.25) is 0 Å². The number of carbonyl (C=O) groups is 2. The lowest BCUT2D eigenvalue weighted by Gasteiger charge is -2.15. The molecule has 9 nitrogen and oxygen atoms in total. The largest absolute Gasteiger partial charge is 0.472 e. The Hall–Kier alpha value is -1.25. The second-order valence-corrected chi connectivity index (χ2v) is 15.1. The number of nitrogens with one attached hydrogen (secondary N) is 1. The van der Waals surface area contributed by atoms with E-state index in [4.69, 9.17) is 13.8 Å². The van der Waals surface area contributed by atoms with Crippen molar-refractivity contribution in [2.45, 2.75) is 200 Å². The Labute approximate surface area is 300 Å². The summed E-state index contributed by atoms with van der Waals surface area (Å²) < 4.78 is 26.8. The quantitative estimate of drug-likeness (QED) is 0.0249. The number of aliphatic hydroxyl groups is 1. The van der Waals surface area contributed by atoms with Crippen molar-refractivity contribution in [3.63, 3.8) is 0 Å². The fourth-order valence-corrected chi connectivity index (χ4v) is 6.37. The number of phosphoric ester groups is 1. The number of phosphoric acid groups is 1. The molecule has 0 aromatic rings. The number of aliphatic hydroxyl groups excluding tert-OH is 1. The molecule has 290 valence electrons. The van der Waals surface area contributed by atoms with Gasteiger partial charge in [0.2, 0.25) is 5.91 Å². The molecule has 0 aliphatic carbocycles. The van der Waals surface area contributed by atoms with E-state index in [1.165, 1.54) is 128 Å². The predicted octanol–water partition coefficient (Wildman–Crippen LogP) is 10.7. The number of rotatable bonds is 38. The Balaban J connectivity index is 3.60. The van der Waals surface area contributed by atoms with Crippen molar-refractivity contribution in [3.05, 3.63) is 12.2 Å². The second-order valence-electron chi connectivity index (χ2n) is 13.6. The summed E-state index contributed by atoms with van der Waals surface area (Å²) in [7, 11) is -4.41. The number of allylic oxidation sites excluding steroid dienone is 2. The lowest BCUT2D eigenvalue weighted by molar-refractivity contribution is -0.147. The van der Waals surface area contributed by atoms with E-state index >= 15 is 0 Å². The van der Waals surface area contributed by atoms with Gasteiger partial charge in [0.15, 0.2) is 0 Å². The minimum Gasteiger partial charge on any atom is -0.463 e. The van der Waals surface area contributed by atoms with E-state index in [1.807, 2.05) is 0 Å². The molecule has 0 rings (SSSR count). The number of hydrogen-bond donors (Lipinski definition) is 3. The maximum Gasteiger partial charge on any atom is 0.472 e. The van der Waals surface area contributed by atoms with Gasteiger partial charge in [0.1, 0.15) is 12.7 Å². The summed E-state index contributed by atoms with van der Waals surface area (Å²) in [5.41, 5.74) is 0. The number of unbranched alkanes of at least 4 members (excludes halogenated alkanes) is 23. The topological polar surface area (TPSA) is 131 Å². The summed E-state index contributed by atoms with van der Waals surface area (Å²) in [6.07, 6.45) is 35.7. The molecule has 10 heteroatoms. The predicted molar refractivity (Wildman–Crippen MR) is 201 cm³/mol. The highest BCUT2D eigenvalue weighted by molar-refractivity contribution is 7.47. The maximum atomic E-state index is 12.0. The van der Waals surface area contributed by atoms with Gasteiger partial charge in [0.25, 0.3) is 0 Å². The van der Waals surface area contributed by atoms with Crippen molar-refractivity contribution < 1.29 is 37.9 Å². The van der Waals surface area contributed by atoms with Gasteiger partial charge in [-0.15, -0.1) is 0 Å². The van der Waals surface area contributed by atoms with Crippen molar-refractivity contribution in [3.8, 4) is 0 Å². The fourth-order valence-electron chi connectivity index (χ4n) is 5.61. The standard InChI is InChI=1S/C39H76NO8P/c1-3-5-7-9-11-13-15-16-17-18-19-20-22-24-26-28-30-32-39(43)46-35-37(41)36-48-49(44,45)47-34-33-40-38(42)31-29-27-25-23-21-14-12-10-8-6-4-2/h16-17,37,41H,3-15,18-36H2,1-2H3,(H,40,42)(H,44,45)/b17-16-. The monoisotopic (exact) mass is 718 g/mol. The van der Waals surface area contributed by atoms with Crippen LogP contribution in [0.1, 0.15) is 194 Å². The van der Waals surface area contributed by atoms with E-state index in [0.717, 1.165) is 38.5 Å². The summed E-state index contributed by atoms with van der Waals surface area (Å²) in [5, 5.41) is 12.7. The van der Waals surface area contributed by atoms with E-state index in [0.29, 0.717) is 6.42 Å². The first-order valence-corrected chi connectivity index (χ1v) is 21.7. The smallest absolute Gasteiger partial charge is 0.463 e. The van der Waals surface area contributed by atoms with Gasteiger partial charge in [-0.2, -0.15) is 0 Å². The fraction of sp³-hybridized carbons (Fsp3) is 0.897. The van der Waals surface area contributed by atoms with Crippen LogP contribution in [-0.4, -0.2) is 54.3 Å². The molecule has 0 bridgehead atoms. The highest BCUT2D eigenvalue weighted by Crippen LogP contribution is 2.42. The van der Waals surface area contributed by atoms with Gasteiger partial charge in [-0.1, -0.05) is 154 Å². The molecule has 0 heterocycles. The van der Waals surface area contributed by atoms with E-state index in [9.17, 15) is 24.2 Å². The van der Waals surface area contributed by atoms with Gasteiger partial charge in [0.05, 0.1) is 13.2 Å². The molecule has 2 unspecified atom stereocenters. The van der Waals surface area contributed by atoms with Crippen LogP contribution in [-0.2, 0) is 27.9 Å². The van der Waals surface area contributed by atoms with Gasteiger partial charge in [0, 0.05) is 19.4 Å². The van der Waals surface area contributed by atoms with Gasteiger partial charge < -0.3 is 20.1 Å². The number of ether oxygens (including phenoxy) is 1. The van der Waals surface area contributed by atoms with E-state index in [1.54, 1.807) is 0 Å². The number of carbonyl (C=O) groups excluding carboxylic acids is 2. The molecule has 2 atom stereocenters. The maximum absolute atomic E-state index is 12.0. The summed E-state index contributed by atoms with van der Waals surface area (Å²) >= 11 is 0. The molecule has 0 fully saturated rings. The molecular weight excluding hydrogens is 641 g/mol. The average Bonchev–Trinajstić information content (AvgIpc) is 3.08. The Kier molecular flexibility index (Phi) is 35.6. The van der Waals surface area contributed by atoms with Crippen molar-refractivity contribution in [2.24, 2.45) is 0 Å². The van der Waals surface area contributed by atoms with Gasteiger partial charge in [-0.05, 0) is 38.5 Å². The van der Waals surface area contributed by atoms with Crippen LogP contribution >= 0.6 is 7.82 Å². The van der Waals surface area contributed by atoms with Gasteiger partial charge >= 0.3 is 13.8 Å². The first-order chi connectivity index (χ1) is 23.8. The molecule has 0 saturated heterocycles. The van der Waals surface area contributed by atoms with Crippen LogP contribution in [0.5, 0.6) is 0 Å². The van der Waals surface area contributed by atoms with Crippen LogP contribution in [0.25, 0.3) is 0 Å². The number of hydrogen-bond acceptors (Lipinski definition) is 7. The van der Waals surface area contributed by atoms with Crippen LogP contribution in [0.4, 0.5) is 0 Å². The third-order valence-electron chi connectivity index (χ3n) is 8.70. The van der Waals surface area contributed by atoms with Crippen molar-refractivity contribution in [1.29, 1.82) is 0 Å². The normalized spacial score (nSPS) is 13.5. The molecule has 49 heavy (non-hydrogen) atoms. The molecule has 0 aliphatic heterocycles. The zero-order chi connectivity index (χ0) is 36.1. The molecule has 0 aromatic carbocycles. The molecule has 0 aromatic heterocycles. The molecule has 0 spiro atoms. The first-order valence-electron chi connectivity index (χ1n) is 20.2. The zero-order valence-electron chi connectivity index (χ0n) is 31.7. The minimum absolute atomic E-state index is 0.0853. The van der Waals surface area contributed by atoms with Crippen LogP contribution < -0.4 is 5.32 Å². The lowest BCUT2D eigenvalue weighted by Crippen LogP contribution is -2.27. The molecule has 1 amide bonds. The van der Waals surface area contributed by atoms with Crippen LogP contribution in [0.3, 0.4) is 0 Å². The Morgan fingerprint density at radius 2 is 1.04 bits per heavy atom. The van der Waals surface area contributed by atoms with Crippen molar-refractivity contribution >= 4 is 19.7 Å². The minimum atomic E-state index is -4.41. The molecule has 0 aliphatic rings. The summed E-state index contributed by atoms with van der Waals surface area (Å²) in [4.78, 5) is 33.8. The third-order valence-corrected chi connectivity index (χ3v) is 9.68. The number of amides is 1. The molecule has 3 N–H and O–H groups in total. The third kappa shape index (κ3) is 37.8. The average molecular weight is 718 g/mol. The number of esters is 1. The molecule has 0 radical (unpaired) electrons. The Morgan fingerprint density at radius 1 is 0.612 bits per heavy atom. The first kappa shape index (κ1) is 47.8. The van der Waals surface area contributed by atoms with Crippen LogP contribution in [0, 0.1) is 0 Å². The van der Waals surface area contributed by atoms with Crippen molar-refractivity contribution in [2.75, 3.05) is 26.4 Å². The van der Waals surface area contributed by atoms with E-state index in [2.05, 4.69) is 31.3 Å². The Bertz CT molecular complexity index is 825. The van der Waals surface area contributed by atoms with Gasteiger partial charge in [-0.25, -0.2) is 4.57 Å². The van der Waals surface area contributed by atoms with E-state index < -0.39 is 26.5 Å². The molecular formula is C39H76NO8P. The summed E-state index contributed by atoms with van der Waals surface area (Å²) in [6, 6.07) is 0. The Morgan fingerprint density at radius 3 is 1.53 bits per heavy atom. The SMILES string of the molecule is CCCCCCCC/C=C\CCCCCCCCCC(=O)OCC(O)COP(=O)(O)OCCNC(=O)CCCCCCCCCCCCC. The summed E-state index contributed by atoms with van der Waals surface area (Å²) in [5.74, 6) is -0.516. The molecule has 0 saturated carbocycles. The van der Waals surface area contributed by atoms with Crippen LogP contribution in [0.15, 0.2) is 12.2 Å². The highest BCUT2D eigenvalue weighted by atomic mass is 31.2. The van der Waals surface area contributed by atoms with Crippen molar-refractivity contribution in [1.82, 2.24) is 5.32 Å². The zero-order valence-corrected chi connectivity index (χ0v) is 32.5. The highest BCUT2D eigenvalue weighted by Gasteiger charge is 2.23. The lowest BCUT2D eigenvalue weighted by atomic mass is 10.1. The second kappa shape index (κ2) is 36.5.